The van der Waals surface area contributed by atoms with Gasteiger partial charge in [0.1, 0.15) is 0 Å². The Morgan fingerprint density at radius 3 is 2.80 bits per heavy atom. The van der Waals surface area contributed by atoms with Gasteiger partial charge in [0.15, 0.2) is 0 Å². The van der Waals surface area contributed by atoms with Gasteiger partial charge in [0.05, 0.1) is 17.8 Å². The number of aromatic nitrogens is 1. The van der Waals surface area contributed by atoms with E-state index in [9.17, 15) is 0 Å². The van der Waals surface area contributed by atoms with Gasteiger partial charge in [-0.15, -0.1) is 11.8 Å². The van der Waals surface area contributed by atoms with E-state index in [2.05, 4.69) is 59.0 Å². The van der Waals surface area contributed by atoms with Crippen molar-refractivity contribution >= 4 is 28.4 Å². The Morgan fingerprint density at radius 2 is 1.90 bits per heavy atom. The van der Waals surface area contributed by atoms with Crippen LogP contribution in [-0.4, -0.2) is 11.2 Å². The second-order valence-corrected chi connectivity index (χ2v) is 5.46. The van der Waals surface area contributed by atoms with Crippen molar-refractivity contribution in [2.45, 2.75) is 11.4 Å². The molecule has 2 nitrogen and oxygen atoms in total. The van der Waals surface area contributed by atoms with Gasteiger partial charge in [0, 0.05) is 16.0 Å². The molecule has 1 aromatic heterocycles. The third-order valence-corrected chi connectivity index (χ3v) is 3.92. The van der Waals surface area contributed by atoms with Crippen LogP contribution in [0.3, 0.4) is 0 Å². The summed E-state index contributed by atoms with van der Waals surface area (Å²) in [7, 11) is 0. The molecule has 0 aliphatic heterocycles. The molecule has 3 rings (SSSR count). The smallest absolute Gasteiger partial charge is 0.0706 e. The molecular weight excluding hydrogens is 264 g/mol. The predicted octanol–water partition coefficient (Wildman–Crippen LogP) is 4.57. The molecule has 20 heavy (non-hydrogen) atoms. The van der Waals surface area contributed by atoms with Gasteiger partial charge in [-0.2, -0.15) is 0 Å². The lowest BCUT2D eigenvalue weighted by Crippen LogP contribution is -2.01. The summed E-state index contributed by atoms with van der Waals surface area (Å²) in [5.41, 5.74) is 3.23. The first-order chi connectivity index (χ1) is 9.85. The summed E-state index contributed by atoms with van der Waals surface area (Å²) in [5, 5.41) is 4.61. The third-order valence-electron chi connectivity index (χ3n) is 3.20. The number of hydrogen-bond donors (Lipinski definition) is 1. The minimum atomic E-state index is 0.739. The predicted molar refractivity (Wildman–Crippen MR) is 87.3 cm³/mol. The molecule has 0 aliphatic rings. The molecule has 0 saturated heterocycles. The van der Waals surface area contributed by atoms with Gasteiger partial charge in [0.2, 0.25) is 0 Å². The van der Waals surface area contributed by atoms with Crippen LogP contribution < -0.4 is 5.32 Å². The molecule has 0 unspecified atom stereocenters. The van der Waals surface area contributed by atoms with Gasteiger partial charge in [-0.25, -0.2) is 0 Å². The normalized spacial score (nSPS) is 10.7. The van der Waals surface area contributed by atoms with Crippen molar-refractivity contribution in [2.24, 2.45) is 0 Å². The molecule has 0 radical (unpaired) electrons. The van der Waals surface area contributed by atoms with Crippen LogP contribution in [0.4, 0.5) is 5.69 Å². The molecule has 2 aromatic carbocycles. The van der Waals surface area contributed by atoms with Crippen molar-refractivity contribution in [3.8, 4) is 0 Å². The van der Waals surface area contributed by atoms with Gasteiger partial charge in [-0.3, -0.25) is 4.98 Å². The van der Waals surface area contributed by atoms with Gasteiger partial charge in [0.25, 0.3) is 0 Å². The summed E-state index contributed by atoms with van der Waals surface area (Å²) in [6.45, 7) is 0.739. The van der Waals surface area contributed by atoms with E-state index < -0.39 is 0 Å². The van der Waals surface area contributed by atoms with E-state index in [1.54, 1.807) is 11.8 Å². The third kappa shape index (κ3) is 2.94. The summed E-state index contributed by atoms with van der Waals surface area (Å²) in [4.78, 5) is 5.93. The molecule has 0 fully saturated rings. The number of pyridine rings is 1. The van der Waals surface area contributed by atoms with Gasteiger partial charge in [-0.05, 0) is 36.6 Å². The maximum atomic E-state index is 4.67. The van der Waals surface area contributed by atoms with Crippen molar-refractivity contribution in [2.75, 3.05) is 11.6 Å². The van der Waals surface area contributed by atoms with Crippen LogP contribution in [0.25, 0.3) is 10.9 Å². The molecule has 100 valence electrons. The number of para-hydroxylation sites is 1. The number of hydrogen-bond acceptors (Lipinski definition) is 3. The summed E-state index contributed by atoms with van der Waals surface area (Å²) in [5.74, 6) is 0. The van der Waals surface area contributed by atoms with Crippen LogP contribution in [0, 0.1) is 0 Å². The number of thioether (sulfide) groups is 1. The highest BCUT2D eigenvalue weighted by atomic mass is 32.2. The van der Waals surface area contributed by atoms with Crippen LogP contribution in [0.5, 0.6) is 0 Å². The summed E-state index contributed by atoms with van der Waals surface area (Å²) in [6.07, 6.45) is 2.09. The number of anilines is 1. The number of rotatable bonds is 4. The second-order valence-electron chi connectivity index (χ2n) is 4.58. The number of nitrogens with zero attached hydrogens (tertiary/aromatic N) is 1. The molecule has 0 saturated carbocycles. The zero-order valence-electron chi connectivity index (χ0n) is 11.3. The SMILES string of the molecule is CSc1cccc(NCc2ccc3ccccc3n2)c1. The fourth-order valence-corrected chi connectivity index (χ4v) is 2.59. The lowest BCUT2D eigenvalue weighted by molar-refractivity contribution is 1.07. The monoisotopic (exact) mass is 280 g/mol. The summed E-state index contributed by atoms with van der Waals surface area (Å²) in [6, 6.07) is 20.8. The Balaban J connectivity index is 1.76. The lowest BCUT2D eigenvalue weighted by Gasteiger charge is -2.08. The highest BCUT2D eigenvalue weighted by Crippen LogP contribution is 2.19. The fourth-order valence-electron chi connectivity index (χ4n) is 2.13. The fraction of sp³-hybridized carbons (Fsp3) is 0.118. The van der Waals surface area contributed by atoms with E-state index in [1.165, 1.54) is 10.3 Å². The zero-order chi connectivity index (χ0) is 13.8. The second kappa shape index (κ2) is 5.97. The average Bonchev–Trinajstić information content (AvgIpc) is 2.53. The summed E-state index contributed by atoms with van der Waals surface area (Å²) < 4.78 is 0. The number of benzene rings is 2. The molecule has 0 spiro atoms. The first-order valence-electron chi connectivity index (χ1n) is 6.58. The van der Waals surface area contributed by atoms with E-state index >= 15 is 0 Å². The average molecular weight is 280 g/mol. The van der Waals surface area contributed by atoms with Crippen LogP contribution in [-0.2, 0) is 6.54 Å². The van der Waals surface area contributed by atoms with E-state index in [0.29, 0.717) is 0 Å². The highest BCUT2D eigenvalue weighted by molar-refractivity contribution is 7.98. The highest BCUT2D eigenvalue weighted by Gasteiger charge is 1.99. The Labute approximate surface area is 123 Å². The van der Waals surface area contributed by atoms with Gasteiger partial charge in [-0.1, -0.05) is 30.3 Å². The quantitative estimate of drug-likeness (QED) is 0.709. The van der Waals surface area contributed by atoms with Gasteiger partial charge < -0.3 is 5.32 Å². The maximum Gasteiger partial charge on any atom is 0.0706 e. The molecule has 0 aliphatic carbocycles. The number of fused-ring (bicyclic) bond motifs is 1. The Bertz CT molecular complexity index is 725. The Morgan fingerprint density at radius 1 is 1.00 bits per heavy atom. The molecule has 0 bridgehead atoms. The Kier molecular flexibility index (Phi) is 3.88. The number of nitrogens with one attached hydrogen (secondary N) is 1. The zero-order valence-corrected chi connectivity index (χ0v) is 12.2. The molecule has 3 aromatic rings. The van der Waals surface area contributed by atoms with Crippen molar-refractivity contribution in [1.29, 1.82) is 0 Å². The Hall–Kier alpha value is -2.00. The van der Waals surface area contributed by atoms with Crippen LogP contribution in [0.2, 0.25) is 0 Å². The van der Waals surface area contributed by atoms with Crippen molar-refractivity contribution < 1.29 is 0 Å². The van der Waals surface area contributed by atoms with E-state index in [0.717, 1.165) is 23.4 Å². The van der Waals surface area contributed by atoms with E-state index in [1.807, 2.05) is 18.2 Å². The lowest BCUT2D eigenvalue weighted by atomic mass is 10.2. The first kappa shape index (κ1) is 13.0. The molecular formula is C17H16N2S. The van der Waals surface area contributed by atoms with Crippen LogP contribution >= 0.6 is 11.8 Å². The van der Waals surface area contributed by atoms with E-state index in [-0.39, 0.29) is 0 Å². The molecule has 1 N–H and O–H groups in total. The van der Waals surface area contributed by atoms with E-state index in [4.69, 9.17) is 0 Å². The molecule has 0 atom stereocenters. The minimum absolute atomic E-state index is 0.739. The minimum Gasteiger partial charge on any atom is -0.379 e. The van der Waals surface area contributed by atoms with Crippen molar-refractivity contribution in [1.82, 2.24) is 4.98 Å². The van der Waals surface area contributed by atoms with Crippen LogP contribution in [0.15, 0.2) is 65.6 Å². The van der Waals surface area contributed by atoms with Crippen molar-refractivity contribution in [3.63, 3.8) is 0 Å². The van der Waals surface area contributed by atoms with Crippen molar-refractivity contribution in [3.05, 3.63) is 66.4 Å². The molecule has 3 heteroatoms. The topological polar surface area (TPSA) is 24.9 Å². The summed E-state index contributed by atoms with van der Waals surface area (Å²) >= 11 is 1.75. The standard InChI is InChI=1S/C17H16N2S/c1-20-16-7-4-6-14(11-16)18-12-15-10-9-13-5-2-3-8-17(13)19-15/h2-11,18H,12H2,1H3. The van der Waals surface area contributed by atoms with Gasteiger partial charge >= 0.3 is 0 Å². The molecule has 1 heterocycles. The molecule has 0 amide bonds. The largest absolute Gasteiger partial charge is 0.379 e. The van der Waals surface area contributed by atoms with Crippen LogP contribution in [0.1, 0.15) is 5.69 Å². The first-order valence-corrected chi connectivity index (χ1v) is 7.80. The maximum absolute atomic E-state index is 4.67.